The van der Waals surface area contributed by atoms with E-state index in [1.54, 1.807) is 67.3 Å². The van der Waals surface area contributed by atoms with Crippen LogP contribution in [0.4, 0.5) is 4.79 Å². The summed E-state index contributed by atoms with van der Waals surface area (Å²) in [5, 5.41) is 57.3. The molecule has 1 aliphatic carbocycles. The van der Waals surface area contributed by atoms with Crippen molar-refractivity contribution in [1.29, 1.82) is 31.6 Å². The summed E-state index contributed by atoms with van der Waals surface area (Å²) in [5.41, 5.74) is 4.52. The number of allylic oxidation sites excluding steroid dienone is 13. The minimum absolute atomic E-state index is 0.125. The fourth-order valence-corrected chi connectivity index (χ4v) is 5.31. The Morgan fingerprint density at radius 3 is 2.17 bits per heavy atom. The highest BCUT2D eigenvalue weighted by Gasteiger charge is 2.28. The molecule has 0 bridgehead atoms. The van der Waals surface area contributed by atoms with Gasteiger partial charge in [-0.15, -0.1) is 0 Å². The summed E-state index contributed by atoms with van der Waals surface area (Å²) in [6.45, 7) is 5.70. The van der Waals surface area contributed by atoms with Crippen LogP contribution in [0.5, 0.6) is 0 Å². The molecule has 2 aliphatic rings. The third-order valence-electron chi connectivity index (χ3n) is 7.68. The van der Waals surface area contributed by atoms with E-state index in [9.17, 15) is 36.4 Å². The van der Waals surface area contributed by atoms with Crippen LogP contribution in [0, 0.1) is 73.9 Å². The van der Waals surface area contributed by atoms with Gasteiger partial charge in [0.1, 0.15) is 17.7 Å². The van der Waals surface area contributed by atoms with E-state index in [4.69, 9.17) is 4.74 Å². The van der Waals surface area contributed by atoms with Crippen LogP contribution in [0.2, 0.25) is 0 Å². The van der Waals surface area contributed by atoms with Gasteiger partial charge in [-0.1, -0.05) is 54.6 Å². The topological polar surface area (TPSA) is 176 Å². The van der Waals surface area contributed by atoms with Crippen LogP contribution in [-0.4, -0.2) is 48.7 Å². The monoisotopic (exact) mass is 620 g/mol. The predicted octanol–water partition coefficient (Wildman–Crippen LogP) is 6.30. The van der Waals surface area contributed by atoms with Crippen molar-refractivity contribution in [2.45, 2.75) is 26.7 Å². The molecule has 1 fully saturated rings. The molecular formula is C37H32N8O2. The third kappa shape index (κ3) is 8.75. The van der Waals surface area contributed by atoms with E-state index in [2.05, 4.69) is 11.0 Å². The lowest BCUT2D eigenvalue weighted by Gasteiger charge is -2.37. The molecule has 1 saturated heterocycles. The summed E-state index contributed by atoms with van der Waals surface area (Å²) in [6, 6.07) is 20.7. The quantitative estimate of drug-likeness (QED) is 0.226. The van der Waals surface area contributed by atoms with Gasteiger partial charge < -0.3 is 14.5 Å². The zero-order valence-corrected chi connectivity index (χ0v) is 26.3. The van der Waals surface area contributed by atoms with Crippen LogP contribution in [-0.2, 0) is 4.74 Å². The number of nitriles is 6. The molecule has 0 atom stereocenters. The Labute approximate surface area is 275 Å². The molecule has 0 aromatic heterocycles. The van der Waals surface area contributed by atoms with E-state index in [1.165, 1.54) is 0 Å². The minimum atomic E-state index is -1.12. The molecule has 0 unspecified atom stereocenters. The van der Waals surface area contributed by atoms with Gasteiger partial charge in [-0.2, -0.15) is 31.6 Å². The van der Waals surface area contributed by atoms with Crippen LogP contribution in [0.3, 0.4) is 0 Å². The highest BCUT2D eigenvalue weighted by atomic mass is 16.6. The molecule has 0 radical (unpaired) electrons. The summed E-state index contributed by atoms with van der Waals surface area (Å²) in [7, 11) is 0. The van der Waals surface area contributed by atoms with E-state index in [0.717, 1.165) is 16.8 Å². The zero-order chi connectivity index (χ0) is 34.2. The van der Waals surface area contributed by atoms with Crippen molar-refractivity contribution in [3.8, 4) is 36.4 Å². The number of hydrogen-bond donors (Lipinski definition) is 0. The van der Waals surface area contributed by atoms with Crippen molar-refractivity contribution in [3.63, 3.8) is 0 Å². The first-order chi connectivity index (χ1) is 22.9. The van der Waals surface area contributed by atoms with Gasteiger partial charge in [-0.25, -0.2) is 4.79 Å². The molecule has 1 amide bonds. The Hall–Kier alpha value is -6.59. The summed E-state index contributed by atoms with van der Waals surface area (Å²) in [5.74, 6) is -1.12. The average molecular weight is 621 g/mol. The minimum Gasteiger partial charge on any atom is -0.450 e. The van der Waals surface area contributed by atoms with Gasteiger partial charge in [0, 0.05) is 37.4 Å². The molecule has 1 heterocycles. The Kier molecular flexibility index (Phi) is 13.1. The van der Waals surface area contributed by atoms with E-state index in [-0.39, 0.29) is 22.8 Å². The van der Waals surface area contributed by atoms with Gasteiger partial charge in [0.15, 0.2) is 5.92 Å². The van der Waals surface area contributed by atoms with E-state index < -0.39 is 5.92 Å². The maximum atomic E-state index is 12.3. The Bertz CT molecular complexity index is 1810. The molecule has 3 rings (SSSR count). The summed E-state index contributed by atoms with van der Waals surface area (Å²) in [6.07, 6.45) is 11.5. The van der Waals surface area contributed by atoms with E-state index in [1.807, 2.05) is 48.6 Å². The number of nitrogens with zero attached hydrogens (tertiary/aromatic N) is 8. The van der Waals surface area contributed by atoms with Gasteiger partial charge >= 0.3 is 6.09 Å². The van der Waals surface area contributed by atoms with Crippen LogP contribution in [0.25, 0.3) is 5.57 Å². The molecule has 0 spiro atoms. The number of amides is 1. The number of benzene rings is 1. The fraction of sp³-hybridized carbons (Fsp3) is 0.270. The zero-order valence-electron chi connectivity index (χ0n) is 26.3. The van der Waals surface area contributed by atoms with Crippen LogP contribution < -0.4 is 0 Å². The van der Waals surface area contributed by atoms with E-state index in [0.29, 0.717) is 62.3 Å². The predicted molar refractivity (Wildman–Crippen MR) is 174 cm³/mol. The summed E-state index contributed by atoms with van der Waals surface area (Å²) in [4.78, 5) is 16.2. The molecule has 47 heavy (non-hydrogen) atoms. The number of carbonyl (C=O) groups is 1. The molecule has 1 aromatic carbocycles. The lowest BCUT2D eigenvalue weighted by atomic mass is 9.90. The highest BCUT2D eigenvalue weighted by Crippen LogP contribution is 2.36. The Morgan fingerprint density at radius 1 is 0.915 bits per heavy atom. The van der Waals surface area contributed by atoms with Crippen LogP contribution in [0.15, 0.2) is 106 Å². The number of rotatable bonds is 9. The third-order valence-corrected chi connectivity index (χ3v) is 7.68. The molecule has 1 aliphatic heterocycles. The fourth-order valence-electron chi connectivity index (χ4n) is 5.31. The SMILES string of the molecule is CCOC(=O)N1CCN(C2=C(/C=C/C=C(\C#N)C(C)=C(C#N)C#N)CC\C2=C/C=C/C(C#N)=C(\c2ccccc2)C(C#N)C#N)CC1. The second-order valence-electron chi connectivity index (χ2n) is 10.4. The van der Waals surface area contributed by atoms with Crippen molar-refractivity contribution in [3.05, 3.63) is 111 Å². The largest absolute Gasteiger partial charge is 0.450 e. The summed E-state index contributed by atoms with van der Waals surface area (Å²) >= 11 is 0. The Morgan fingerprint density at radius 2 is 1.60 bits per heavy atom. The van der Waals surface area contributed by atoms with Crippen molar-refractivity contribution in [2.75, 3.05) is 32.8 Å². The molecule has 0 saturated carbocycles. The maximum absolute atomic E-state index is 12.3. The lowest BCUT2D eigenvalue weighted by molar-refractivity contribution is 0.0873. The lowest BCUT2D eigenvalue weighted by Crippen LogP contribution is -2.48. The van der Waals surface area contributed by atoms with Crippen LogP contribution >= 0.6 is 0 Å². The number of carbonyl (C=O) groups excluding carboxylic acids is 1. The van der Waals surface area contributed by atoms with Gasteiger partial charge in [0.25, 0.3) is 0 Å². The molecule has 0 N–H and O–H groups in total. The molecule has 10 nitrogen and oxygen atoms in total. The molecule has 232 valence electrons. The van der Waals surface area contributed by atoms with Crippen molar-refractivity contribution in [1.82, 2.24) is 9.80 Å². The van der Waals surface area contributed by atoms with Gasteiger partial charge in [-0.3, -0.25) is 0 Å². The van der Waals surface area contributed by atoms with Crippen molar-refractivity contribution >= 4 is 11.7 Å². The smallest absolute Gasteiger partial charge is 0.409 e. The second kappa shape index (κ2) is 17.6. The maximum Gasteiger partial charge on any atom is 0.409 e. The van der Waals surface area contributed by atoms with Gasteiger partial charge in [-0.05, 0) is 61.1 Å². The number of ether oxygens (including phenoxy) is 1. The number of hydrogen-bond acceptors (Lipinski definition) is 9. The first-order valence-corrected chi connectivity index (χ1v) is 14.9. The standard InChI is InChI=1S/C37H32N8O2/c1-3-47-37(46)45-19-17-44(18-20-45)36-29(11-7-13-31(21-38)27(2)33(23-40)24-41)15-16-30(36)12-8-14-32(22-39)35(34(25-42)26-43)28-9-5-4-6-10-28/h4-14,34H,3,15-20H2,1-2H3/b11-7+,14-8+,30-12+,31-13+,35-32-. The van der Waals surface area contributed by atoms with E-state index >= 15 is 0 Å². The molecule has 1 aromatic rings. The molecule has 10 heteroatoms. The van der Waals surface area contributed by atoms with Crippen LogP contribution in [0.1, 0.15) is 32.3 Å². The van der Waals surface area contributed by atoms with Gasteiger partial charge in [0.2, 0.25) is 0 Å². The number of piperazine rings is 1. The van der Waals surface area contributed by atoms with Crippen molar-refractivity contribution < 1.29 is 9.53 Å². The highest BCUT2D eigenvalue weighted by molar-refractivity contribution is 5.79. The van der Waals surface area contributed by atoms with Crippen molar-refractivity contribution in [2.24, 2.45) is 5.92 Å². The normalized spacial score (nSPS) is 16.2. The van der Waals surface area contributed by atoms with Gasteiger partial charge in [0.05, 0.1) is 42.0 Å². The first-order valence-electron chi connectivity index (χ1n) is 14.9. The summed E-state index contributed by atoms with van der Waals surface area (Å²) < 4.78 is 5.17. The Balaban J connectivity index is 2.05. The first kappa shape index (κ1) is 34.9. The molecular weight excluding hydrogens is 588 g/mol. The second-order valence-corrected chi connectivity index (χ2v) is 10.4. The average Bonchev–Trinajstić information content (AvgIpc) is 3.51.